The fourth-order valence-electron chi connectivity index (χ4n) is 5.85. The van der Waals surface area contributed by atoms with Gasteiger partial charge in [-0.3, -0.25) is 25.2 Å². The number of carbonyl (C=O) groups is 3. The van der Waals surface area contributed by atoms with Crippen LogP contribution in [0.3, 0.4) is 0 Å². The third-order valence-electron chi connectivity index (χ3n) is 6.33. The van der Waals surface area contributed by atoms with Crippen LogP contribution in [0, 0.1) is 29.1 Å². The molecule has 0 aliphatic heterocycles. The van der Waals surface area contributed by atoms with Crippen LogP contribution in [0.1, 0.15) is 65.7 Å². The molecule has 0 heterocycles. The van der Waals surface area contributed by atoms with E-state index in [-0.39, 0.29) is 29.1 Å². The molecule has 3 amide bonds. The number of hydrazine groups is 1. The van der Waals surface area contributed by atoms with Gasteiger partial charge >= 0.3 is 0 Å². The van der Waals surface area contributed by atoms with Gasteiger partial charge in [-0.25, -0.2) is 0 Å². The average Bonchev–Trinajstić information content (AvgIpc) is 2.48. The van der Waals surface area contributed by atoms with E-state index in [2.05, 4.69) is 16.2 Å². The van der Waals surface area contributed by atoms with E-state index in [1.54, 1.807) is 0 Å². The fraction of sp³-hybridized carbons (Fsp3) is 0.842. The number of amides is 3. The van der Waals surface area contributed by atoms with E-state index < -0.39 is 6.04 Å². The summed E-state index contributed by atoms with van der Waals surface area (Å²) in [6.45, 7) is 5.10. The van der Waals surface area contributed by atoms with E-state index in [0.29, 0.717) is 6.42 Å². The maximum Gasteiger partial charge on any atom is 0.261 e. The quantitative estimate of drug-likeness (QED) is 0.663. The molecule has 0 aromatic rings. The summed E-state index contributed by atoms with van der Waals surface area (Å²) in [6, 6.07) is -0.641. The Balaban J connectivity index is 1.51. The van der Waals surface area contributed by atoms with E-state index in [4.69, 9.17) is 0 Å². The van der Waals surface area contributed by atoms with Gasteiger partial charge in [0.25, 0.3) is 5.91 Å². The summed E-state index contributed by atoms with van der Waals surface area (Å²) in [6.07, 6.45) is 8.06. The SMILES string of the molecule is CC(=O)NC(C(=O)NNC(=O)CC12CC3CC(CC(C3)C1)C2)C(C)C. The zero-order chi connectivity index (χ0) is 18.2. The Morgan fingerprint density at radius 2 is 1.48 bits per heavy atom. The summed E-state index contributed by atoms with van der Waals surface area (Å²) in [4.78, 5) is 35.9. The lowest BCUT2D eigenvalue weighted by atomic mass is 9.49. The molecule has 4 rings (SSSR count). The summed E-state index contributed by atoms with van der Waals surface area (Å²) in [5, 5.41) is 2.63. The molecule has 6 heteroatoms. The van der Waals surface area contributed by atoms with Crippen molar-refractivity contribution in [1.29, 1.82) is 0 Å². The van der Waals surface area contributed by atoms with E-state index in [1.165, 1.54) is 45.4 Å². The molecule has 0 saturated heterocycles. The fourth-order valence-corrected chi connectivity index (χ4v) is 5.85. The predicted molar refractivity (Wildman–Crippen MR) is 94.0 cm³/mol. The van der Waals surface area contributed by atoms with E-state index in [0.717, 1.165) is 17.8 Å². The normalized spacial score (nSPS) is 33.8. The third kappa shape index (κ3) is 4.15. The molecule has 4 aliphatic rings. The molecule has 1 unspecified atom stereocenters. The van der Waals surface area contributed by atoms with Gasteiger partial charge in [0.2, 0.25) is 11.8 Å². The minimum absolute atomic E-state index is 0.0519. The highest BCUT2D eigenvalue weighted by atomic mass is 16.2. The molecular weight excluding hydrogens is 318 g/mol. The largest absolute Gasteiger partial charge is 0.344 e. The van der Waals surface area contributed by atoms with Crippen molar-refractivity contribution < 1.29 is 14.4 Å². The molecule has 4 aliphatic carbocycles. The first-order chi connectivity index (χ1) is 11.8. The molecule has 4 fully saturated rings. The maximum atomic E-state index is 12.4. The average molecular weight is 349 g/mol. The summed E-state index contributed by atoms with van der Waals surface area (Å²) in [7, 11) is 0. The molecule has 3 N–H and O–H groups in total. The molecule has 0 aromatic heterocycles. The monoisotopic (exact) mass is 349 g/mol. The van der Waals surface area contributed by atoms with Crippen LogP contribution < -0.4 is 16.2 Å². The molecular formula is C19H31N3O3. The van der Waals surface area contributed by atoms with Gasteiger partial charge in [-0.05, 0) is 67.6 Å². The van der Waals surface area contributed by atoms with Crippen LogP contribution >= 0.6 is 0 Å². The summed E-state index contributed by atoms with van der Waals surface area (Å²) in [5.74, 6) is 1.62. The second-order valence-electron chi connectivity index (χ2n) is 9.05. The Hall–Kier alpha value is -1.59. The van der Waals surface area contributed by atoms with Crippen molar-refractivity contribution in [2.24, 2.45) is 29.1 Å². The highest BCUT2D eigenvalue weighted by Crippen LogP contribution is 2.61. The van der Waals surface area contributed by atoms with Gasteiger partial charge < -0.3 is 5.32 Å². The molecule has 140 valence electrons. The van der Waals surface area contributed by atoms with Crippen LogP contribution in [0.5, 0.6) is 0 Å². The highest BCUT2D eigenvalue weighted by Gasteiger charge is 2.51. The first-order valence-corrected chi connectivity index (χ1v) is 9.62. The Kier molecular flexibility index (Phi) is 5.07. The van der Waals surface area contributed by atoms with Crippen LogP contribution in [0.2, 0.25) is 0 Å². The molecule has 0 radical (unpaired) electrons. The van der Waals surface area contributed by atoms with Crippen molar-refractivity contribution in [2.75, 3.05) is 0 Å². The standard InChI is InChI=1S/C19H31N3O3/c1-11(2)17(20-12(3)23)18(25)22-21-16(24)10-19-7-13-4-14(8-19)6-15(5-13)9-19/h11,13-15,17H,4-10H2,1-3H3,(H,20,23)(H,21,24)(H,22,25). The molecule has 0 spiro atoms. The van der Waals surface area contributed by atoms with Crippen LogP contribution in [-0.4, -0.2) is 23.8 Å². The first-order valence-electron chi connectivity index (χ1n) is 9.62. The van der Waals surface area contributed by atoms with E-state index in [9.17, 15) is 14.4 Å². The number of hydrogen-bond donors (Lipinski definition) is 3. The predicted octanol–water partition coefficient (Wildman–Crippen LogP) is 1.90. The van der Waals surface area contributed by atoms with Gasteiger partial charge in [-0.15, -0.1) is 0 Å². The van der Waals surface area contributed by atoms with Crippen LogP contribution in [0.15, 0.2) is 0 Å². The van der Waals surface area contributed by atoms with Crippen molar-refractivity contribution in [1.82, 2.24) is 16.2 Å². The summed E-state index contributed by atoms with van der Waals surface area (Å²) < 4.78 is 0. The van der Waals surface area contributed by atoms with Crippen molar-refractivity contribution in [2.45, 2.75) is 71.8 Å². The molecule has 4 bridgehead atoms. The smallest absolute Gasteiger partial charge is 0.261 e. The number of nitrogens with one attached hydrogen (secondary N) is 3. The minimum Gasteiger partial charge on any atom is -0.344 e. The van der Waals surface area contributed by atoms with Gasteiger partial charge in [-0.2, -0.15) is 0 Å². The van der Waals surface area contributed by atoms with Crippen molar-refractivity contribution in [3.05, 3.63) is 0 Å². The van der Waals surface area contributed by atoms with Crippen LogP contribution in [0.25, 0.3) is 0 Å². The molecule has 0 aromatic carbocycles. The van der Waals surface area contributed by atoms with Crippen molar-refractivity contribution >= 4 is 17.7 Å². The Morgan fingerprint density at radius 1 is 0.960 bits per heavy atom. The van der Waals surface area contributed by atoms with Crippen molar-refractivity contribution in [3.8, 4) is 0 Å². The first kappa shape index (κ1) is 18.2. The molecule has 25 heavy (non-hydrogen) atoms. The Bertz CT molecular complexity index is 523. The van der Waals surface area contributed by atoms with Crippen LogP contribution in [-0.2, 0) is 14.4 Å². The maximum absolute atomic E-state index is 12.4. The second-order valence-corrected chi connectivity index (χ2v) is 9.05. The number of hydrogen-bond acceptors (Lipinski definition) is 3. The number of carbonyl (C=O) groups excluding carboxylic acids is 3. The summed E-state index contributed by atoms with van der Waals surface area (Å²) in [5.41, 5.74) is 5.23. The van der Waals surface area contributed by atoms with Crippen molar-refractivity contribution in [3.63, 3.8) is 0 Å². The van der Waals surface area contributed by atoms with E-state index in [1.807, 2.05) is 13.8 Å². The Morgan fingerprint density at radius 3 is 1.92 bits per heavy atom. The molecule has 4 saturated carbocycles. The Labute approximate surface area is 149 Å². The highest BCUT2D eigenvalue weighted by molar-refractivity contribution is 5.88. The third-order valence-corrected chi connectivity index (χ3v) is 6.33. The number of rotatable bonds is 5. The van der Waals surface area contributed by atoms with Gasteiger partial charge in [0, 0.05) is 13.3 Å². The van der Waals surface area contributed by atoms with Gasteiger partial charge in [0.1, 0.15) is 6.04 Å². The lowest BCUT2D eigenvalue weighted by Gasteiger charge is -2.56. The van der Waals surface area contributed by atoms with Crippen LogP contribution in [0.4, 0.5) is 0 Å². The minimum atomic E-state index is -0.641. The van der Waals surface area contributed by atoms with Gasteiger partial charge in [-0.1, -0.05) is 13.8 Å². The zero-order valence-corrected chi connectivity index (χ0v) is 15.6. The molecule has 6 nitrogen and oxygen atoms in total. The lowest BCUT2D eigenvalue weighted by molar-refractivity contribution is -0.136. The topological polar surface area (TPSA) is 87.3 Å². The second kappa shape index (κ2) is 6.96. The van der Waals surface area contributed by atoms with E-state index >= 15 is 0 Å². The van der Waals surface area contributed by atoms with Gasteiger partial charge in [0.15, 0.2) is 0 Å². The molecule has 1 atom stereocenters. The van der Waals surface area contributed by atoms with Gasteiger partial charge in [0.05, 0.1) is 0 Å². The summed E-state index contributed by atoms with van der Waals surface area (Å²) >= 11 is 0. The lowest BCUT2D eigenvalue weighted by Crippen LogP contribution is -2.55. The zero-order valence-electron chi connectivity index (χ0n) is 15.6.